The predicted molar refractivity (Wildman–Crippen MR) is 103 cm³/mol. The number of aliphatic carboxylic acids is 1. The van der Waals surface area contributed by atoms with Gasteiger partial charge in [0.05, 0.1) is 11.5 Å². The molecule has 0 fully saturated rings. The van der Waals surface area contributed by atoms with E-state index in [1.807, 2.05) is 26.0 Å². The van der Waals surface area contributed by atoms with Gasteiger partial charge < -0.3 is 10.4 Å². The number of hydrogen-bond acceptors (Lipinski definition) is 2. The number of nitrogens with one attached hydrogen (secondary N) is 1. The summed E-state index contributed by atoms with van der Waals surface area (Å²) in [6.07, 6.45) is 0. The maximum Gasteiger partial charge on any atom is 0.308 e. The van der Waals surface area contributed by atoms with Crippen LogP contribution in [0.4, 0.5) is 0 Å². The molecule has 0 aliphatic rings. The molecule has 1 aromatic carbocycles. The Hall–Kier alpha value is 0.350. The highest BCUT2D eigenvalue weighted by Gasteiger charge is 2.23. The maximum atomic E-state index is 12.2. The van der Waals surface area contributed by atoms with Crippen LogP contribution in [0.3, 0.4) is 0 Å². The summed E-state index contributed by atoms with van der Waals surface area (Å²) in [4.78, 5) is 23.3. The van der Waals surface area contributed by atoms with Gasteiger partial charge >= 0.3 is 5.97 Å². The number of hydrogen-bond donors (Lipinski definition) is 2. The van der Waals surface area contributed by atoms with E-state index in [1.165, 1.54) is 0 Å². The number of carbonyl (C=O) groups is 2. The first-order valence-electron chi connectivity index (χ1n) is 5.89. The van der Waals surface area contributed by atoms with Gasteiger partial charge in [0, 0.05) is 17.3 Å². The summed E-state index contributed by atoms with van der Waals surface area (Å²) in [6, 6.07) is 3.80. The smallest absolute Gasteiger partial charge is 0.308 e. The van der Waals surface area contributed by atoms with E-state index in [4.69, 9.17) is 5.11 Å². The van der Waals surface area contributed by atoms with Crippen LogP contribution in [-0.2, 0) is 4.79 Å². The molecule has 0 saturated carbocycles. The first-order valence-corrected chi connectivity index (χ1v) is 9.13. The fraction of sp³-hybridized carbons (Fsp3) is 0.385. The van der Waals surface area contributed by atoms with Gasteiger partial charge in [-0.3, -0.25) is 9.59 Å². The average Bonchev–Trinajstić information content (AvgIpc) is 2.32. The first-order chi connectivity index (χ1) is 9.23. The lowest BCUT2D eigenvalue weighted by atomic mass is 9.96. The van der Waals surface area contributed by atoms with E-state index in [1.54, 1.807) is 0 Å². The van der Waals surface area contributed by atoms with Crippen LogP contribution in [0.1, 0.15) is 24.2 Å². The Labute approximate surface area is 158 Å². The number of benzene rings is 1. The Morgan fingerprint density at radius 3 is 2.35 bits per heavy atom. The Bertz CT molecular complexity index is 532. The van der Waals surface area contributed by atoms with E-state index < -0.39 is 11.9 Å². The van der Waals surface area contributed by atoms with Crippen LogP contribution >= 0.6 is 67.8 Å². The van der Waals surface area contributed by atoms with Crippen LogP contribution in [0.5, 0.6) is 0 Å². The molecule has 110 valence electrons. The molecule has 20 heavy (non-hydrogen) atoms. The van der Waals surface area contributed by atoms with Gasteiger partial charge in [0.15, 0.2) is 0 Å². The molecule has 0 saturated heterocycles. The molecular formula is C13H14I3NO3. The molecule has 1 atom stereocenters. The van der Waals surface area contributed by atoms with Crippen molar-refractivity contribution in [2.75, 3.05) is 6.54 Å². The van der Waals surface area contributed by atoms with E-state index in [2.05, 4.69) is 73.1 Å². The molecule has 0 radical (unpaired) electrons. The zero-order chi connectivity index (χ0) is 15.4. The van der Waals surface area contributed by atoms with Crippen molar-refractivity contribution in [3.05, 3.63) is 28.4 Å². The Kier molecular flexibility index (Phi) is 7.46. The lowest BCUT2D eigenvalue weighted by Crippen LogP contribution is -2.36. The van der Waals surface area contributed by atoms with Crippen LogP contribution in [0.15, 0.2) is 12.1 Å². The van der Waals surface area contributed by atoms with Gasteiger partial charge in [0.1, 0.15) is 0 Å². The van der Waals surface area contributed by atoms with Crippen molar-refractivity contribution in [3.8, 4) is 0 Å². The van der Waals surface area contributed by atoms with Gasteiger partial charge in [-0.05, 0) is 85.8 Å². The standard InChI is InChI=1S/C13H14I3NO3/c1-6(2)9(13(19)20)5-17-12(18)8-3-7(14)4-10(15)11(8)16/h3-4,6,9H,5H2,1-2H3,(H,17,18)(H,19,20). The van der Waals surface area contributed by atoms with Gasteiger partial charge in [0.2, 0.25) is 0 Å². The average molecular weight is 613 g/mol. The molecule has 0 aliphatic carbocycles. The second-order valence-electron chi connectivity index (χ2n) is 4.65. The third-order valence-electron chi connectivity index (χ3n) is 2.84. The van der Waals surface area contributed by atoms with Crippen LogP contribution in [0, 0.1) is 22.5 Å². The summed E-state index contributed by atoms with van der Waals surface area (Å²) < 4.78 is 2.88. The summed E-state index contributed by atoms with van der Waals surface area (Å²) in [6.45, 7) is 3.82. The molecule has 1 aromatic rings. The van der Waals surface area contributed by atoms with Crippen LogP contribution in [0.25, 0.3) is 0 Å². The molecule has 2 N–H and O–H groups in total. The highest BCUT2D eigenvalue weighted by atomic mass is 127. The zero-order valence-electron chi connectivity index (χ0n) is 10.9. The van der Waals surface area contributed by atoms with Gasteiger partial charge in [0.25, 0.3) is 5.91 Å². The van der Waals surface area contributed by atoms with Crippen molar-refractivity contribution >= 4 is 79.6 Å². The largest absolute Gasteiger partial charge is 0.481 e. The SMILES string of the molecule is CC(C)C(CNC(=O)c1cc(I)cc(I)c1I)C(=O)O. The monoisotopic (exact) mass is 613 g/mol. The summed E-state index contributed by atoms with van der Waals surface area (Å²) >= 11 is 6.48. The molecular weight excluding hydrogens is 599 g/mol. The van der Waals surface area contributed by atoms with Gasteiger partial charge in [-0.15, -0.1) is 0 Å². The molecule has 1 rings (SSSR count). The Balaban J connectivity index is 2.85. The van der Waals surface area contributed by atoms with Crippen molar-refractivity contribution in [1.82, 2.24) is 5.32 Å². The number of carbonyl (C=O) groups excluding carboxylic acids is 1. The van der Waals surface area contributed by atoms with E-state index in [9.17, 15) is 9.59 Å². The second kappa shape index (κ2) is 8.11. The van der Waals surface area contributed by atoms with E-state index in [0.717, 1.165) is 10.7 Å². The third-order valence-corrected chi connectivity index (χ3v) is 6.51. The van der Waals surface area contributed by atoms with Crippen molar-refractivity contribution < 1.29 is 14.7 Å². The summed E-state index contributed by atoms with van der Waals surface area (Å²) in [7, 11) is 0. The second-order valence-corrected chi connectivity index (χ2v) is 8.13. The molecule has 7 heteroatoms. The first kappa shape index (κ1) is 18.4. The molecule has 1 unspecified atom stereocenters. The van der Waals surface area contributed by atoms with Gasteiger partial charge in [-0.25, -0.2) is 0 Å². The lowest BCUT2D eigenvalue weighted by molar-refractivity contribution is -0.142. The minimum atomic E-state index is -0.882. The Morgan fingerprint density at radius 1 is 1.25 bits per heavy atom. The lowest BCUT2D eigenvalue weighted by Gasteiger charge is -2.17. The van der Waals surface area contributed by atoms with Crippen molar-refractivity contribution in [1.29, 1.82) is 0 Å². The molecule has 0 aromatic heterocycles. The summed E-state index contributed by atoms with van der Waals surface area (Å²) in [5, 5.41) is 11.8. The highest BCUT2D eigenvalue weighted by Crippen LogP contribution is 2.23. The number of halogens is 3. The van der Waals surface area contributed by atoms with Crippen LogP contribution in [-0.4, -0.2) is 23.5 Å². The van der Waals surface area contributed by atoms with Gasteiger partial charge in [-0.2, -0.15) is 0 Å². The predicted octanol–water partition coefficient (Wildman–Crippen LogP) is 3.59. The molecule has 0 spiro atoms. The van der Waals surface area contributed by atoms with Crippen LogP contribution < -0.4 is 5.32 Å². The number of amides is 1. The van der Waals surface area contributed by atoms with Crippen molar-refractivity contribution in [2.24, 2.45) is 11.8 Å². The number of rotatable bonds is 5. The summed E-state index contributed by atoms with van der Waals surface area (Å²) in [5.41, 5.74) is 0.592. The number of carboxylic acids is 1. The highest BCUT2D eigenvalue weighted by molar-refractivity contribution is 14.1. The zero-order valence-corrected chi connectivity index (χ0v) is 17.4. The minimum Gasteiger partial charge on any atom is -0.481 e. The molecule has 0 aliphatic heterocycles. The van der Waals surface area contributed by atoms with E-state index in [0.29, 0.717) is 5.56 Å². The third kappa shape index (κ3) is 4.97. The minimum absolute atomic E-state index is 0.0251. The van der Waals surface area contributed by atoms with E-state index in [-0.39, 0.29) is 18.4 Å². The fourth-order valence-electron chi connectivity index (χ4n) is 1.63. The topological polar surface area (TPSA) is 66.4 Å². The number of carboxylic acid groups (broad SMARTS) is 1. The molecule has 1 amide bonds. The van der Waals surface area contributed by atoms with Crippen molar-refractivity contribution in [2.45, 2.75) is 13.8 Å². The van der Waals surface area contributed by atoms with E-state index >= 15 is 0 Å². The quantitative estimate of drug-likeness (QED) is 0.395. The van der Waals surface area contributed by atoms with Gasteiger partial charge in [-0.1, -0.05) is 13.8 Å². The van der Waals surface area contributed by atoms with Crippen LogP contribution in [0.2, 0.25) is 0 Å². The fourth-order valence-corrected chi connectivity index (χ4v) is 4.03. The molecule has 0 bridgehead atoms. The Morgan fingerprint density at radius 2 is 1.85 bits per heavy atom. The molecule has 0 heterocycles. The molecule has 4 nitrogen and oxygen atoms in total. The normalized spacial score (nSPS) is 12.3. The maximum absolute atomic E-state index is 12.2. The van der Waals surface area contributed by atoms with Crippen molar-refractivity contribution in [3.63, 3.8) is 0 Å². The summed E-state index contributed by atoms with van der Waals surface area (Å²) in [5.74, 6) is -1.70.